The van der Waals surface area contributed by atoms with Crippen molar-refractivity contribution in [3.05, 3.63) is 21.9 Å². The molecule has 0 aliphatic carbocycles. The van der Waals surface area contributed by atoms with Crippen LogP contribution in [0.4, 0.5) is 0 Å². The maximum atomic E-state index is 7.91. The van der Waals surface area contributed by atoms with Crippen molar-refractivity contribution in [1.29, 1.82) is 5.41 Å². The van der Waals surface area contributed by atoms with E-state index in [0.29, 0.717) is 0 Å². The van der Waals surface area contributed by atoms with Crippen molar-refractivity contribution in [2.45, 2.75) is 39.2 Å². The molecule has 1 fully saturated rings. The molecule has 0 atom stereocenters. The topological polar surface area (TPSA) is 27.1 Å². The van der Waals surface area contributed by atoms with E-state index in [9.17, 15) is 0 Å². The molecule has 3 heteroatoms. The van der Waals surface area contributed by atoms with Gasteiger partial charge in [-0.3, -0.25) is 5.41 Å². The maximum absolute atomic E-state index is 7.91. The fraction of sp³-hybridized carbons (Fsp3) is 0.583. The molecule has 1 N–H and O–H groups in total. The quantitative estimate of drug-likeness (QED) is 0.835. The average Bonchev–Trinajstić information content (AvgIpc) is 2.69. The molecule has 2 rings (SSSR count). The minimum atomic E-state index is 0.830. The lowest BCUT2D eigenvalue weighted by Crippen LogP contribution is -2.34. The van der Waals surface area contributed by atoms with Crippen molar-refractivity contribution in [3.8, 4) is 0 Å². The number of nitrogens with one attached hydrogen (secondary N) is 1. The predicted molar refractivity (Wildman–Crippen MR) is 65.7 cm³/mol. The van der Waals surface area contributed by atoms with E-state index in [2.05, 4.69) is 23.3 Å². The normalized spacial score (nSPS) is 17.1. The van der Waals surface area contributed by atoms with Crippen molar-refractivity contribution in [1.82, 2.24) is 4.90 Å². The van der Waals surface area contributed by atoms with Crippen molar-refractivity contribution < 1.29 is 0 Å². The number of rotatable bonds is 3. The second-order valence-corrected chi connectivity index (χ2v) is 5.05. The van der Waals surface area contributed by atoms with Gasteiger partial charge in [0.05, 0.1) is 12.4 Å². The van der Waals surface area contributed by atoms with Gasteiger partial charge in [-0.2, -0.15) is 0 Å². The van der Waals surface area contributed by atoms with Gasteiger partial charge in [0.25, 0.3) is 0 Å². The first kappa shape index (κ1) is 10.7. The largest absolute Gasteiger partial charge is 0.355 e. The van der Waals surface area contributed by atoms with E-state index in [-0.39, 0.29) is 0 Å². The molecule has 0 spiro atoms. The minimum absolute atomic E-state index is 0.830. The van der Waals surface area contributed by atoms with Crippen LogP contribution >= 0.6 is 11.3 Å². The number of nitrogens with zero attached hydrogens (tertiary/aromatic N) is 1. The highest BCUT2D eigenvalue weighted by Gasteiger charge is 2.16. The summed E-state index contributed by atoms with van der Waals surface area (Å²) in [7, 11) is 0. The van der Waals surface area contributed by atoms with E-state index < -0.39 is 0 Å². The Kier molecular flexibility index (Phi) is 3.41. The Morgan fingerprint density at radius 3 is 3.07 bits per heavy atom. The molecule has 82 valence electrons. The molecule has 1 aliphatic rings. The summed E-state index contributed by atoms with van der Waals surface area (Å²) in [5.41, 5.74) is 1.46. The molecule has 1 aromatic rings. The van der Waals surface area contributed by atoms with Gasteiger partial charge < -0.3 is 4.90 Å². The third-order valence-electron chi connectivity index (χ3n) is 3.03. The highest BCUT2D eigenvalue weighted by Crippen LogP contribution is 2.22. The molecule has 0 aromatic carbocycles. The molecular weight excluding hydrogens is 204 g/mol. The average molecular weight is 222 g/mol. The van der Waals surface area contributed by atoms with Crippen LogP contribution in [0.15, 0.2) is 11.4 Å². The van der Waals surface area contributed by atoms with Crippen LogP contribution in [0.25, 0.3) is 0 Å². The van der Waals surface area contributed by atoms with Gasteiger partial charge >= 0.3 is 0 Å². The third kappa shape index (κ3) is 2.40. The first-order valence-corrected chi connectivity index (χ1v) is 6.57. The number of thiophene rings is 1. The zero-order chi connectivity index (χ0) is 10.7. The van der Waals surface area contributed by atoms with E-state index >= 15 is 0 Å². The summed E-state index contributed by atoms with van der Waals surface area (Å²) < 4.78 is 0. The molecule has 0 saturated carbocycles. The molecule has 1 aromatic heterocycles. The van der Waals surface area contributed by atoms with Crippen LogP contribution in [0.1, 0.15) is 36.6 Å². The molecule has 1 aliphatic heterocycles. The number of likely N-dealkylation sites (tertiary alicyclic amines) is 1. The summed E-state index contributed by atoms with van der Waals surface area (Å²) in [6, 6.07) is 2.22. The van der Waals surface area contributed by atoms with Crippen LogP contribution < -0.4 is 0 Å². The number of aryl methyl sites for hydroxylation is 1. The van der Waals surface area contributed by atoms with Crippen molar-refractivity contribution >= 4 is 17.2 Å². The van der Waals surface area contributed by atoms with Gasteiger partial charge in [-0.15, -0.1) is 11.3 Å². The Morgan fingerprint density at radius 1 is 1.47 bits per heavy atom. The monoisotopic (exact) mass is 222 g/mol. The standard InChI is InChI=1S/C12H18N2S/c1-2-10-6-8-15-11(10)9-14-7-4-3-5-12(14)13/h6,8,13H,2-5,7,9H2,1H3. The van der Waals surface area contributed by atoms with Gasteiger partial charge in [-0.1, -0.05) is 6.92 Å². The van der Waals surface area contributed by atoms with Crippen LogP contribution in [-0.2, 0) is 13.0 Å². The lowest BCUT2D eigenvalue weighted by Gasteiger charge is -2.29. The number of hydrogen-bond acceptors (Lipinski definition) is 2. The SMILES string of the molecule is CCc1ccsc1CN1CCCCC1=N. The Balaban J connectivity index is 2.04. The highest BCUT2D eigenvalue weighted by atomic mass is 32.1. The van der Waals surface area contributed by atoms with E-state index in [1.807, 2.05) is 11.3 Å². The summed E-state index contributed by atoms with van der Waals surface area (Å²) in [4.78, 5) is 3.68. The summed E-state index contributed by atoms with van der Waals surface area (Å²) in [6.45, 7) is 4.23. The number of hydrogen-bond donors (Lipinski definition) is 1. The summed E-state index contributed by atoms with van der Waals surface area (Å²) in [5, 5.41) is 10.1. The summed E-state index contributed by atoms with van der Waals surface area (Å²) in [5.74, 6) is 0.830. The van der Waals surface area contributed by atoms with Gasteiger partial charge in [0.1, 0.15) is 0 Å². The van der Waals surface area contributed by atoms with Crippen LogP contribution in [0.3, 0.4) is 0 Å². The van der Waals surface area contributed by atoms with Crippen LogP contribution in [0.5, 0.6) is 0 Å². The second kappa shape index (κ2) is 4.79. The van der Waals surface area contributed by atoms with E-state index in [0.717, 1.165) is 31.8 Å². The molecule has 0 radical (unpaired) electrons. The lowest BCUT2D eigenvalue weighted by molar-refractivity contribution is 0.363. The van der Waals surface area contributed by atoms with Gasteiger partial charge in [0.15, 0.2) is 0 Å². The highest BCUT2D eigenvalue weighted by molar-refractivity contribution is 7.10. The lowest BCUT2D eigenvalue weighted by atomic mass is 10.1. The molecule has 2 nitrogen and oxygen atoms in total. The van der Waals surface area contributed by atoms with Crippen LogP contribution in [-0.4, -0.2) is 17.3 Å². The smallest absolute Gasteiger partial charge is 0.0960 e. The van der Waals surface area contributed by atoms with Gasteiger partial charge in [-0.05, 0) is 36.3 Å². The van der Waals surface area contributed by atoms with Gasteiger partial charge in [0, 0.05) is 17.8 Å². The Labute approximate surface area is 95.4 Å². The fourth-order valence-electron chi connectivity index (χ4n) is 2.06. The van der Waals surface area contributed by atoms with Crippen LogP contribution in [0, 0.1) is 5.41 Å². The van der Waals surface area contributed by atoms with Crippen molar-refractivity contribution in [2.24, 2.45) is 0 Å². The Bertz CT molecular complexity index is 343. The zero-order valence-electron chi connectivity index (χ0n) is 9.25. The van der Waals surface area contributed by atoms with Crippen molar-refractivity contribution in [3.63, 3.8) is 0 Å². The molecule has 0 unspecified atom stereocenters. The first-order chi connectivity index (χ1) is 7.31. The first-order valence-electron chi connectivity index (χ1n) is 5.69. The number of piperidine rings is 1. The summed E-state index contributed by atoms with van der Waals surface area (Å²) in [6.07, 6.45) is 4.52. The van der Waals surface area contributed by atoms with Crippen LogP contribution in [0.2, 0.25) is 0 Å². The number of amidine groups is 1. The van der Waals surface area contributed by atoms with Gasteiger partial charge in [0.2, 0.25) is 0 Å². The van der Waals surface area contributed by atoms with Gasteiger partial charge in [-0.25, -0.2) is 0 Å². The summed E-state index contributed by atoms with van der Waals surface area (Å²) >= 11 is 1.83. The van der Waals surface area contributed by atoms with E-state index in [1.165, 1.54) is 23.3 Å². The Hall–Kier alpha value is -0.830. The zero-order valence-corrected chi connectivity index (χ0v) is 10.1. The predicted octanol–water partition coefficient (Wildman–Crippen LogP) is 3.27. The molecule has 2 heterocycles. The maximum Gasteiger partial charge on any atom is 0.0960 e. The van der Waals surface area contributed by atoms with E-state index in [4.69, 9.17) is 5.41 Å². The molecule has 1 saturated heterocycles. The molecule has 15 heavy (non-hydrogen) atoms. The van der Waals surface area contributed by atoms with Crippen molar-refractivity contribution in [2.75, 3.05) is 6.54 Å². The fourth-order valence-corrected chi connectivity index (χ4v) is 3.05. The Morgan fingerprint density at radius 2 is 2.33 bits per heavy atom. The molecular formula is C12H18N2S. The third-order valence-corrected chi connectivity index (χ3v) is 3.97. The minimum Gasteiger partial charge on any atom is -0.355 e. The molecule has 0 amide bonds. The van der Waals surface area contributed by atoms with E-state index in [1.54, 1.807) is 0 Å². The molecule has 0 bridgehead atoms. The second-order valence-electron chi connectivity index (χ2n) is 4.05.